The predicted molar refractivity (Wildman–Crippen MR) is 137 cm³/mol. The quantitative estimate of drug-likeness (QED) is 0.409. The lowest BCUT2D eigenvalue weighted by atomic mass is 9.99. The van der Waals surface area contributed by atoms with E-state index in [2.05, 4.69) is 10.6 Å². The largest absolute Gasteiger partial charge is 0.469 e. The Morgan fingerprint density at radius 2 is 1.44 bits per heavy atom. The number of carbonyl (C=O) groups excluding carboxylic acids is 3. The molecule has 3 aromatic rings. The van der Waals surface area contributed by atoms with Crippen LogP contribution in [0.5, 0.6) is 0 Å². The number of hydrogen-bond acceptors (Lipinski definition) is 4. The summed E-state index contributed by atoms with van der Waals surface area (Å²) in [5, 5.41) is 5.66. The number of halogens is 1. The van der Waals surface area contributed by atoms with Gasteiger partial charge in [-0.2, -0.15) is 0 Å². The third-order valence-corrected chi connectivity index (χ3v) is 5.91. The van der Waals surface area contributed by atoms with Crippen LogP contribution in [0.4, 0.5) is 4.39 Å². The molecular weight excluding hydrogens is 459 g/mol. The average Bonchev–Trinajstić information content (AvgIpc) is 2.89. The van der Waals surface area contributed by atoms with E-state index in [4.69, 9.17) is 4.74 Å². The summed E-state index contributed by atoms with van der Waals surface area (Å²) in [4.78, 5) is 38.1. The summed E-state index contributed by atoms with van der Waals surface area (Å²) >= 11 is 0. The van der Waals surface area contributed by atoms with Gasteiger partial charge in [-0.3, -0.25) is 14.4 Å². The SMILES string of the molecule is COC(=O)C(C)CC(NC(=O)c1ccc(-c2ccccc2)cc1)C(=O)NC(C)Cc1ccc(F)cc1. The van der Waals surface area contributed by atoms with Crippen LogP contribution in [0.1, 0.15) is 36.2 Å². The summed E-state index contributed by atoms with van der Waals surface area (Å²) in [6.45, 7) is 3.47. The van der Waals surface area contributed by atoms with E-state index in [9.17, 15) is 18.8 Å². The Morgan fingerprint density at radius 1 is 0.833 bits per heavy atom. The fourth-order valence-corrected chi connectivity index (χ4v) is 3.94. The zero-order chi connectivity index (χ0) is 26.1. The van der Waals surface area contributed by atoms with Crippen LogP contribution in [0.2, 0.25) is 0 Å². The molecule has 3 atom stereocenters. The molecule has 3 rings (SSSR count). The molecule has 0 aliphatic heterocycles. The normalized spacial score (nSPS) is 13.2. The van der Waals surface area contributed by atoms with E-state index in [0.717, 1.165) is 16.7 Å². The first-order valence-corrected chi connectivity index (χ1v) is 11.9. The number of nitrogens with one attached hydrogen (secondary N) is 2. The van der Waals surface area contributed by atoms with Gasteiger partial charge in [0.05, 0.1) is 13.0 Å². The molecule has 0 spiro atoms. The highest BCUT2D eigenvalue weighted by atomic mass is 19.1. The summed E-state index contributed by atoms with van der Waals surface area (Å²) in [7, 11) is 1.28. The van der Waals surface area contributed by atoms with Crippen molar-refractivity contribution in [3.8, 4) is 11.1 Å². The Kier molecular flexibility index (Phi) is 9.33. The lowest BCUT2D eigenvalue weighted by Gasteiger charge is -2.23. The maximum Gasteiger partial charge on any atom is 0.308 e. The lowest BCUT2D eigenvalue weighted by Crippen LogP contribution is -2.50. The molecule has 0 heterocycles. The van der Waals surface area contributed by atoms with Gasteiger partial charge in [0.15, 0.2) is 0 Å². The Hall–Kier alpha value is -4.00. The summed E-state index contributed by atoms with van der Waals surface area (Å²) in [5.41, 5.74) is 3.27. The van der Waals surface area contributed by atoms with E-state index in [1.807, 2.05) is 49.4 Å². The molecule has 0 saturated carbocycles. The topological polar surface area (TPSA) is 84.5 Å². The minimum absolute atomic E-state index is 0.0790. The molecule has 2 amide bonds. The van der Waals surface area contributed by atoms with Crippen molar-refractivity contribution in [1.29, 1.82) is 0 Å². The van der Waals surface area contributed by atoms with Gasteiger partial charge in [-0.05, 0) is 60.7 Å². The highest BCUT2D eigenvalue weighted by Gasteiger charge is 2.28. The number of amides is 2. The van der Waals surface area contributed by atoms with E-state index in [-0.39, 0.29) is 18.3 Å². The van der Waals surface area contributed by atoms with Crippen molar-refractivity contribution in [2.24, 2.45) is 5.92 Å². The molecule has 0 fully saturated rings. The zero-order valence-corrected chi connectivity index (χ0v) is 20.7. The van der Waals surface area contributed by atoms with Crippen molar-refractivity contribution < 1.29 is 23.5 Å². The Bertz CT molecular complexity index is 1160. The number of esters is 1. The van der Waals surface area contributed by atoms with E-state index >= 15 is 0 Å². The number of carbonyl (C=O) groups is 3. The van der Waals surface area contributed by atoms with Crippen LogP contribution in [0.25, 0.3) is 11.1 Å². The maximum absolute atomic E-state index is 13.2. The molecule has 2 N–H and O–H groups in total. The maximum atomic E-state index is 13.2. The average molecular weight is 491 g/mol. The second kappa shape index (κ2) is 12.6. The van der Waals surface area contributed by atoms with Crippen LogP contribution in [-0.2, 0) is 20.7 Å². The molecule has 0 aromatic heterocycles. The van der Waals surface area contributed by atoms with Gasteiger partial charge in [-0.15, -0.1) is 0 Å². The third kappa shape index (κ3) is 7.50. The van der Waals surface area contributed by atoms with Gasteiger partial charge in [0.25, 0.3) is 5.91 Å². The first-order chi connectivity index (χ1) is 17.3. The van der Waals surface area contributed by atoms with Crippen molar-refractivity contribution in [3.05, 3.63) is 95.8 Å². The highest BCUT2D eigenvalue weighted by Crippen LogP contribution is 2.19. The molecule has 0 saturated heterocycles. The van der Waals surface area contributed by atoms with Crippen LogP contribution in [0.15, 0.2) is 78.9 Å². The van der Waals surface area contributed by atoms with Gasteiger partial charge in [-0.1, -0.05) is 61.5 Å². The molecule has 188 valence electrons. The molecule has 0 radical (unpaired) electrons. The van der Waals surface area contributed by atoms with E-state index in [0.29, 0.717) is 12.0 Å². The Labute approximate surface area is 210 Å². The van der Waals surface area contributed by atoms with E-state index < -0.39 is 29.7 Å². The fourth-order valence-electron chi connectivity index (χ4n) is 3.94. The van der Waals surface area contributed by atoms with Crippen LogP contribution in [-0.4, -0.2) is 37.0 Å². The Morgan fingerprint density at radius 3 is 2.06 bits per heavy atom. The molecule has 3 aromatic carbocycles. The van der Waals surface area contributed by atoms with Crippen LogP contribution in [0.3, 0.4) is 0 Å². The van der Waals surface area contributed by atoms with Gasteiger partial charge in [0.2, 0.25) is 5.91 Å². The number of rotatable bonds is 10. The standard InChI is InChI=1S/C29H31FN2O4/c1-19(29(35)36-3)17-26(28(34)31-20(2)18-21-9-15-25(30)16-10-21)32-27(33)24-13-11-23(12-14-24)22-7-5-4-6-8-22/h4-16,19-20,26H,17-18H2,1-3H3,(H,31,34)(H,32,33). The van der Waals surface area contributed by atoms with Gasteiger partial charge >= 0.3 is 5.97 Å². The first kappa shape index (κ1) is 26.6. The molecule has 0 aliphatic carbocycles. The van der Waals surface area contributed by atoms with Crippen molar-refractivity contribution in [2.45, 2.75) is 38.8 Å². The lowest BCUT2D eigenvalue weighted by molar-refractivity contribution is -0.145. The smallest absolute Gasteiger partial charge is 0.308 e. The predicted octanol–water partition coefficient (Wildman–Crippen LogP) is 4.54. The Balaban J connectivity index is 1.70. The number of hydrogen-bond donors (Lipinski definition) is 2. The van der Waals surface area contributed by atoms with Crippen molar-refractivity contribution in [2.75, 3.05) is 7.11 Å². The summed E-state index contributed by atoms with van der Waals surface area (Å²) in [6, 6.07) is 21.7. The van der Waals surface area contributed by atoms with Crippen molar-refractivity contribution in [1.82, 2.24) is 10.6 Å². The van der Waals surface area contributed by atoms with E-state index in [1.54, 1.807) is 31.2 Å². The minimum atomic E-state index is -0.948. The molecule has 36 heavy (non-hydrogen) atoms. The molecule has 6 nitrogen and oxygen atoms in total. The first-order valence-electron chi connectivity index (χ1n) is 11.9. The highest BCUT2D eigenvalue weighted by molar-refractivity contribution is 5.98. The third-order valence-electron chi connectivity index (χ3n) is 5.91. The van der Waals surface area contributed by atoms with E-state index in [1.165, 1.54) is 19.2 Å². The number of methoxy groups -OCH3 is 1. The van der Waals surface area contributed by atoms with Gasteiger partial charge in [0, 0.05) is 11.6 Å². The number of benzene rings is 3. The van der Waals surface area contributed by atoms with Gasteiger partial charge in [0.1, 0.15) is 11.9 Å². The van der Waals surface area contributed by atoms with Crippen LogP contribution >= 0.6 is 0 Å². The summed E-state index contributed by atoms with van der Waals surface area (Å²) < 4.78 is 18.0. The molecule has 7 heteroatoms. The minimum Gasteiger partial charge on any atom is -0.469 e. The van der Waals surface area contributed by atoms with Crippen LogP contribution in [0, 0.1) is 11.7 Å². The summed E-state index contributed by atoms with van der Waals surface area (Å²) in [6.07, 6.45) is 0.565. The molecular formula is C29H31FN2O4. The second-order valence-electron chi connectivity index (χ2n) is 8.87. The summed E-state index contributed by atoms with van der Waals surface area (Å²) in [5.74, 6) is -2.22. The van der Waals surface area contributed by atoms with Crippen molar-refractivity contribution >= 4 is 17.8 Å². The van der Waals surface area contributed by atoms with Gasteiger partial charge < -0.3 is 15.4 Å². The fraction of sp³-hybridized carbons (Fsp3) is 0.276. The zero-order valence-electron chi connectivity index (χ0n) is 20.7. The molecule has 0 bridgehead atoms. The molecule has 3 unspecified atom stereocenters. The number of ether oxygens (including phenoxy) is 1. The van der Waals surface area contributed by atoms with Crippen LogP contribution < -0.4 is 10.6 Å². The van der Waals surface area contributed by atoms with Crippen molar-refractivity contribution in [3.63, 3.8) is 0 Å². The molecule has 0 aliphatic rings. The second-order valence-corrected chi connectivity index (χ2v) is 8.87. The monoisotopic (exact) mass is 490 g/mol. The van der Waals surface area contributed by atoms with Gasteiger partial charge in [-0.25, -0.2) is 4.39 Å².